The van der Waals surface area contributed by atoms with E-state index in [1.165, 1.54) is 0 Å². The van der Waals surface area contributed by atoms with Gasteiger partial charge in [0.15, 0.2) is 0 Å². The van der Waals surface area contributed by atoms with Crippen molar-refractivity contribution >= 4 is 17.5 Å². The summed E-state index contributed by atoms with van der Waals surface area (Å²) in [5.41, 5.74) is 0.418. The fraction of sp³-hybridized carbons (Fsp3) is 0.500. The molecular formula is C16H25N3O3. The zero-order valence-corrected chi connectivity index (χ0v) is 13.9. The summed E-state index contributed by atoms with van der Waals surface area (Å²) in [4.78, 5) is 25.4. The van der Waals surface area contributed by atoms with Crippen molar-refractivity contribution in [3.05, 3.63) is 24.3 Å². The van der Waals surface area contributed by atoms with Gasteiger partial charge in [-0.2, -0.15) is 0 Å². The van der Waals surface area contributed by atoms with Crippen LogP contribution in [0.15, 0.2) is 24.3 Å². The maximum Gasteiger partial charge on any atom is 0.238 e. The maximum absolute atomic E-state index is 11.9. The van der Waals surface area contributed by atoms with E-state index in [4.69, 9.17) is 4.74 Å². The number of rotatable bonds is 6. The molecule has 0 saturated heterocycles. The van der Waals surface area contributed by atoms with Gasteiger partial charge in [-0.3, -0.25) is 14.5 Å². The largest absolute Gasteiger partial charge is 0.497 e. The Labute approximate surface area is 131 Å². The smallest absolute Gasteiger partial charge is 0.238 e. The Kier molecular flexibility index (Phi) is 6.37. The van der Waals surface area contributed by atoms with Gasteiger partial charge >= 0.3 is 0 Å². The molecule has 0 atom stereocenters. The Morgan fingerprint density at radius 2 is 1.64 bits per heavy atom. The van der Waals surface area contributed by atoms with Crippen molar-refractivity contribution in [2.45, 2.75) is 26.3 Å². The molecular weight excluding hydrogens is 282 g/mol. The number of carbonyl (C=O) groups is 2. The maximum atomic E-state index is 11.9. The minimum absolute atomic E-state index is 0.104. The predicted molar refractivity (Wildman–Crippen MR) is 87.0 cm³/mol. The molecule has 1 aromatic rings. The molecule has 0 heterocycles. The molecule has 0 radical (unpaired) electrons. The summed E-state index contributed by atoms with van der Waals surface area (Å²) < 4.78 is 5.06. The van der Waals surface area contributed by atoms with Gasteiger partial charge in [0, 0.05) is 11.2 Å². The molecule has 6 nitrogen and oxygen atoms in total. The van der Waals surface area contributed by atoms with Crippen molar-refractivity contribution in [1.82, 2.24) is 10.2 Å². The van der Waals surface area contributed by atoms with Crippen LogP contribution in [-0.4, -0.2) is 49.5 Å². The lowest BCUT2D eigenvalue weighted by Gasteiger charge is -2.23. The lowest BCUT2D eigenvalue weighted by atomic mass is 10.1. The highest BCUT2D eigenvalue weighted by Crippen LogP contribution is 2.14. The molecule has 22 heavy (non-hydrogen) atoms. The average Bonchev–Trinajstić information content (AvgIpc) is 2.36. The number of methoxy groups -OCH3 is 1. The monoisotopic (exact) mass is 307 g/mol. The van der Waals surface area contributed by atoms with Gasteiger partial charge in [-0.1, -0.05) is 0 Å². The molecule has 0 spiro atoms. The van der Waals surface area contributed by atoms with Crippen molar-refractivity contribution in [2.24, 2.45) is 0 Å². The van der Waals surface area contributed by atoms with Crippen molar-refractivity contribution in [3.8, 4) is 5.75 Å². The van der Waals surface area contributed by atoms with Crippen LogP contribution in [0, 0.1) is 0 Å². The molecule has 0 unspecified atom stereocenters. The van der Waals surface area contributed by atoms with Crippen LogP contribution in [0.1, 0.15) is 20.8 Å². The van der Waals surface area contributed by atoms with E-state index in [0.717, 1.165) is 5.75 Å². The first-order valence-electron chi connectivity index (χ1n) is 7.13. The Morgan fingerprint density at radius 1 is 1.09 bits per heavy atom. The molecule has 2 amide bonds. The second kappa shape index (κ2) is 7.79. The fourth-order valence-electron chi connectivity index (χ4n) is 1.88. The lowest BCUT2D eigenvalue weighted by Crippen LogP contribution is -2.46. The van der Waals surface area contributed by atoms with Crippen LogP contribution in [0.5, 0.6) is 5.75 Å². The Balaban J connectivity index is 2.41. The van der Waals surface area contributed by atoms with Crippen molar-refractivity contribution in [1.29, 1.82) is 0 Å². The van der Waals surface area contributed by atoms with Crippen LogP contribution < -0.4 is 15.4 Å². The zero-order chi connectivity index (χ0) is 16.8. The quantitative estimate of drug-likeness (QED) is 0.835. The van der Waals surface area contributed by atoms with Gasteiger partial charge in [-0.05, 0) is 52.1 Å². The van der Waals surface area contributed by atoms with Gasteiger partial charge in [-0.25, -0.2) is 0 Å². The second-order valence-electron chi connectivity index (χ2n) is 6.25. The van der Waals surface area contributed by atoms with Crippen molar-refractivity contribution < 1.29 is 14.3 Å². The summed E-state index contributed by atoms with van der Waals surface area (Å²) in [7, 11) is 3.32. The number of carbonyl (C=O) groups excluding carboxylic acids is 2. The molecule has 1 aromatic carbocycles. The van der Waals surface area contributed by atoms with Crippen LogP contribution >= 0.6 is 0 Å². The summed E-state index contributed by atoms with van der Waals surface area (Å²) >= 11 is 0. The first-order chi connectivity index (χ1) is 10.2. The molecule has 0 aromatic heterocycles. The number of nitrogens with zero attached hydrogens (tertiary/aromatic N) is 1. The summed E-state index contributed by atoms with van der Waals surface area (Å²) in [6, 6.07) is 7.08. The SMILES string of the molecule is COc1ccc(NC(=O)CN(C)CC(=O)NC(C)(C)C)cc1. The predicted octanol–water partition coefficient (Wildman–Crippen LogP) is 1.48. The number of ether oxygens (including phenoxy) is 1. The first kappa shape index (κ1) is 18.0. The highest BCUT2D eigenvalue weighted by Gasteiger charge is 2.16. The molecule has 0 bridgehead atoms. The lowest BCUT2D eigenvalue weighted by molar-refractivity contribution is -0.124. The van der Waals surface area contributed by atoms with Gasteiger partial charge in [0.25, 0.3) is 0 Å². The summed E-state index contributed by atoms with van der Waals surface area (Å²) in [5.74, 6) is 0.456. The Hall–Kier alpha value is -2.08. The number of hydrogen-bond donors (Lipinski definition) is 2. The number of anilines is 1. The highest BCUT2D eigenvalue weighted by molar-refractivity contribution is 5.92. The van der Waals surface area contributed by atoms with E-state index in [2.05, 4.69) is 10.6 Å². The standard InChI is InChI=1S/C16H25N3O3/c1-16(2,3)18-15(21)11-19(4)10-14(20)17-12-6-8-13(22-5)9-7-12/h6-9H,10-11H2,1-5H3,(H,17,20)(H,18,21). The van der Waals surface area contributed by atoms with E-state index < -0.39 is 0 Å². The molecule has 0 aliphatic heterocycles. The Bertz CT molecular complexity index is 506. The van der Waals surface area contributed by atoms with Gasteiger partial charge < -0.3 is 15.4 Å². The van der Waals surface area contributed by atoms with E-state index in [9.17, 15) is 9.59 Å². The van der Waals surface area contributed by atoms with Crippen LogP contribution in [0.25, 0.3) is 0 Å². The highest BCUT2D eigenvalue weighted by atomic mass is 16.5. The zero-order valence-electron chi connectivity index (χ0n) is 13.9. The molecule has 0 fully saturated rings. The molecule has 0 aliphatic rings. The van der Waals surface area contributed by atoms with Crippen LogP contribution in [-0.2, 0) is 9.59 Å². The molecule has 0 saturated carbocycles. The summed E-state index contributed by atoms with van der Waals surface area (Å²) in [6.07, 6.45) is 0. The topological polar surface area (TPSA) is 70.7 Å². The minimum atomic E-state index is -0.275. The second-order valence-corrected chi connectivity index (χ2v) is 6.25. The third-order valence-electron chi connectivity index (χ3n) is 2.72. The molecule has 122 valence electrons. The molecule has 1 rings (SSSR count). The van der Waals surface area contributed by atoms with E-state index in [1.54, 1.807) is 43.3 Å². The molecule has 2 N–H and O–H groups in total. The number of amides is 2. The minimum Gasteiger partial charge on any atom is -0.497 e. The summed E-state index contributed by atoms with van der Waals surface area (Å²) in [6.45, 7) is 6.07. The number of likely N-dealkylation sites (N-methyl/N-ethyl adjacent to an activating group) is 1. The average molecular weight is 307 g/mol. The summed E-state index contributed by atoms with van der Waals surface area (Å²) in [5, 5.41) is 5.64. The van der Waals surface area contributed by atoms with Crippen molar-refractivity contribution in [2.75, 3.05) is 32.6 Å². The van der Waals surface area contributed by atoms with Crippen LogP contribution in [0.3, 0.4) is 0 Å². The number of hydrogen-bond acceptors (Lipinski definition) is 4. The van der Waals surface area contributed by atoms with Gasteiger partial charge in [0.2, 0.25) is 11.8 Å². The van der Waals surface area contributed by atoms with Gasteiger partial charge in [0.1, 0.15) is 5.75 Å². The van der Waals surface area contributed by atoms with E-state index in [0.29, 0.717) is 5.69 Å². The van der Waals surface area contributed by atoms with Crippen LogP contribution in [0.4, 0.5) is 5.69 Å². The van der Waals surface area contributed by atoms with E-state index >= 15 is 0 Å². The first-order valence-corrected chi connectivity index (χ1v) is 7.13. The van der Waals surface area contributed by atoms with Gasteiger partial charge in [-0.15, -0.1) is 0 Å². The number of nitrogens with one attached hydrogen (secondary N) is 2. The molecule has 6 heteroatoms. The fourth-order valence-corrected chi connectivity index (χ4v) is 1.88. The Morgan fingerprint density at radius 3 is 2.14 bits per heavy atom. The molecule has 0 aliphatic carbocycles. The van der Waals surface area contributed by atoms with Crippen LogP contribution in [0.2, 0.25) is 0 Å². The van der Waals surface area contributed by atoms with E-state index in [1.807, 2.05) is 20.8 Å². The third kappa shape index (κ3) is 7.08. The van der Waals surface area contributed by atoms with E-state index in [-0.39, 0.29) is 30.4 Å². The third-order valence-corrected chi connectivity index (χ3v) is 2.72. The number of benzene rings is 1. The normalized spacial score (nSPS) is 11.2. The van der Waals surface area contributed by atoms with Crippen molar-refractivity contribution in [3.63, 3.8) is 0 Å². The van der Waals surface area contributed by atoms with Gasteiger partial charge in [0.05, 0.1) is 20.2 Å².